The van der Waals surface area contributed by atoms with Gasteiger partial charge in [0.05, 0.1) is 35.1 Å². The lowest BCUT2D eigenvalue weighted by atomic mass is 9.52. The van der Waals surface area contributed by atoms with Gasteiger partial charge in [-0.2, -0.15) is 0 Å². The van der Waals surface area contributed by atoms with Crippen LogP contribution in [0.25, 0.3) is 0 Å². The van der Waals surface area contributed by atoms with E-state index in [-0.39, 0.29) is 29.6 Å². The van der Waals surface area contributed by atoms with Crippen molar-refractivity contribution >= 4 is 17.3 Å². The van der Waals surface area contributed by atoms with Crippen molar-refractivity contribution in [2.75, 3.05) is 19.6 Å². The predicted molar refractivity (Wildman–Crippen MR) is 405 cm³/mol. The first-order chi connectivity index (χ1) is 47.1. The van der Waals surface area contributed by atoms with E-state index in [4.69, 9.17) is 14.2 Å². The lowest BCUT2D eigenvalue weighted by Crippen LogP contribution is -2.54. The number of carbonyl (C=O) groups excluding carboxylic acids is 3. The van der Waals surface area contributed by atoms with Crippen molar-refractivity contribution < 1.29 is 28.6 Å². The van der Waals surface area contributed by atoms with Crippen LogP contribution in [0.2, 0.25) is 0 Å². The highest BCUT2D eigenvalue weighted by Crippen LogP contribution is 2.69. The summed E-state index contributed by atoms with van der Waals surface area (Å²) in [5.74, 6) is 13.9. The Morgan fingerprint density at radius 3 is 1.35 bits per heavy atom. The third-order valence-electron chi connectivity index (χ3n) is 35.5. The Kier molecular flexibility index (Phi) is 19.7. The molecular formula is C91H143N3O6. The molecule has 0 amide bonds. The SMILES string of the molecule is C.CC1=C2C[C@H]3[C@@H](CCC4=CC(=O)CC[C@@]43C)[C@@H]2CC[C@@]2(C1)O[C@@H]1C[C@H](C)CN[C@H]1[C@H]2C.CC1=C2C[C@H]3[C@@H](CC[C@@H]4CC(=O)CC[C@@]43C)[C@@H]2CC[C@@]2(C1)O[C@@H]1C[C@H](C)CN(C(C)C)[C@H]1[C@H]2C.CC1=C2C[C@H]3[C@@H](CC[C@@H]4CC(=O)CC[C@@]43C)[C@@H]2CC[C@@]2(C1)O[C@@H]1C[C@H](C)CN(C(C)C)[C@H]1[C@H]2C. The van der Waals surface area contributed by atoms with Crippen molar-refractivity contribution in [3.8, 4) is 0 Å². The summed E-state index contributed by atoms with van der Waals surface area (Å²) in [5.41, 5.74) is 13.1. The second-order valence-corrected chi connectivity index (χ2v) is 41.0. The van der Waals surface area contributed by atoms with E-state index in [1.807, 2.05) is 17.2 Å². The molecule has 558 valence electrons. The van der Waals surface area contributed by atoms with Gasteiger partial charge in [-0.25, -0.2) is 0 Å². The van der Waals surface area contributed by atoms with E-state index in [2.05, 4.69) is 126 Å². The highest BCUT2D eigenvalue weighted by atomic mass is 16.5. The van der Waals surface area contributed by atoms with Crippen molar-refractivity contribution in [1.29, 1.82) is 0 Å². The summed E-state index contributed by atoms with van der Waals surface area (Å²) in [6.45, 7) is 42.9. The topological polar surface area (TPSA) is 97.4 Å². The Labute approximate surface area is 609 Å². The summed E-state index contributed by atoms with van der Waals surface area (Å²) in [6, 6.07) is 2.92. The second kappa shape index (κ2) is 26.8. The Balaban J connectivity index is 0.000000121. The molecule has 6 aliphatic heterocycles. The second-order valence-electron chi connectivity index (χ2n) is 41.0. The molecule has 29 atom stereocenters. The number of carbonyl (C=O) groups is 3. The lowest BCUT2D eigenvalue weighted by Gasteiger charge is -2.52. The Morgan fingerprint density at radius 1 is 0.470 bits per heavy atom. The maximum atomic E-state index is 12.2. The first-order valence-corrected chi connectivity index (χ1v) is 42.7. The van der Waals surface area contributed by atoms with Crippen molar-refractivity contribution in [3.63, 3.8) is 0 Å². The number of Topliss-reactive ketones (excluding diaryl/α,β-unsaturated/α-hetero) is 2. The zero-order valence-electron chi connectivity index (χ0n) is 65.5. The molecule has 3 spiro atoms. The van der Waals surface area contributed by atoms with Gasteiger partial charge in [-0.3, -0.25) is 24.2 Å². The molecule has 100 heavy (non-hydrogen) atoms. The third-order valence-corrected chi connectivity index (χ3v) is 35.5. The number of fused-ring (bicyclic) bond motifs is 18. The van der Waals surface area contributed by atoms with Gasteiger partial charge in [0.15, 0.2) is 5.78 Å². The summed E-state index contributed by atoms with van der Waals surface area (Å²) in [4.78, 5) is 42.2. The monoisotopic (exact) mass is 1370 g/mol. The van der Waals surface area contributed by atoms with E-state index >= 15 is 0 Å². The van der Waals surface area contributed by atoms with Crippen LogP contribution in [0.1, 0.15) is 304 Å². The van der Waals surface area contributed by atoms with Crippen LogP contribution in [0, 0.1) is 117 Å². The molecule has 0 bridgehead atoms. The number of ether oxygens (including phenoxy) is 3. The number of nitrogens with one attached hydrogen (secondary N) is 1. The molecule has 6 heterocycles. The molecule has 0 aromatic carbocycles. The summed E-state index contributed by atoms with van der Waals surface area (Å²) in [6.07, 6.45) is 37.3. The molecule has 6 saturated heterocycles. The fraction of sp³-hybridized carbons (Fsp3) is 0.879. The maximum Gasteiger partial charge on any atom is 0.155 e. The van der Waals surface area contributed by atoms with Crippen LogP contribution < -0.4 is 5.32 Å². The van der Waals surface area contributed by atoms with Crippen LogP contribution in [-0.4, -0.2) is 112 Å². The quantitative estimate of drug-likeness (QED) is 0.271. The van der Waals surface area contributed by atoms with E-state index in [1.54, 1.807) is 22.3 Å². The number of piperidine rings is 3. The number of likely N-dealkylation sites (tertiary alicyclic amines) is 2. The van der Waals surface area contributed by atoms with Crippen LogP contribution in [0.4, 0.5) is 0 Å². The van der Waals surface area contributed by atoms with Crippen molar-refractivity contribution in [3.05, 3.63) is 45.1 Å². The molecule has 18 aliphatic rings. The first kappa shape index (κ1) is 73.3. The molecule has 0 unspecified atom stereocenters. The largest absolute Gasteiger partial charge is 0.369 e. The van der Waals surface area contributed by atoms with Crippen LogP contribution in [0.15, 0.2) is 45.1 Å². The van der Waals surface area contributed by atoms with E-state index < -0.39 is 0 Å². The summed E-state index contributed by atoms with van der Waals surface area (Å²) in [7, 11) is 0. The van der Waals surface area contributed by atoms with E-state index in [0.29, 0.717) is 106 Å². The number of allylic oxidation sites excluding steroid dienone is 5. The van der Waals surface area contributed by atoms with Crippen LogP contribution >= 0.6 is 0 Å². The molecular weight excluding hydrogens is 1230 g/mol. The fourth-order valence-electron chi connectivity index (χ4n) is 30.1. The van der Waals surface area contributed by atoms with Crippen molar-refractivity contribution in [1.82, 2.24) is 15.1 Å². The highest BCUT2D eigenvalue weighted by Gasteiger charge is 2.65. The molecule has 8 saturated carbocycles. The van der Waals surface area contributed by atoms with Gasteiger partial charge in [0.25, 0.3) is 0 Å². The Morgan fingerprint density at radius 2 is 0.890 bits per heavy atom. The van der Waals surface area contributed by atoms with Gasteiger partial charge >= 0.3 is 0 Å². The zero-order chi connectivity index (χ0) is 69.5. The minimum atomic E-state index is 0. The van der Waals surface area contributed by atoms with Gasteiger partial charge in [-0.1, -0.05) is 109 Å². The van der Waals surface area contributed by atoms with Gasteiger partial charge in [0.1, 0.15) is 11.6 Å². The van der Waals surface area contributed by atoms with Crippen LogP contribution in [0.3, 0.4) is 0 Å². The minimum Gasteiger partial charge on any atom is -0.369 e. The maximum absolute atomic E-state index is 12.2. The Hall–Kier alpha value is -2.27. The van der Waals surface area contributed by atoms with E-state index in [9.17, 15) is 14.4 Å². The number of nitrogens with zero attached hydrogens (tertiary/aromatic N) is 2. The van der Waals surface area contributed by atoms with Gasteiger partial charge in [-0.05, 0) is 314 Å². The zero-order valence-corrected chi connectivity index (χ0v) is 65.5. The molecule has 9 nitrogen and oxygen atoms in total. The summed E-state index contributed by atoms with van der Waals surface area (Å²) < 4.78 is 21.4. The predicted octanol–water partition coefficient (Wildman–Crippen LogP) is 19.8. The van der Waals surface area contributed by atoms with Crippen LogP contribution in [0.5, 0.6) is 0 Å². The van der Waals surface area contributed by atoms with E-state index in [0.717, 1.165) is 155 Å². The molecule has 0 aromatic heterocycles. The summed E-state index contributed by atoms with van der Waals surface area (Å²) >= 11 is 0. The smallest absolute Gasteiger partial charge is 0.155 e. The van der Waals surface area contributed by atoms with Crippen molar-refractivity contribution in [2.45, 2.75) is 370 Å². The van der Waals surface area contributed by atoms with Gasteiger partial charge in [-0.15, -0.1) is 0 Å². The standard InChI is InChI=1S/2C31H49NO2.C28H41NO2.CH4/c2*1-18(2)32-17-19(3)13-28-29(32)21(5)31(34-28)12-10-24-25-8-7-22-14-23(33)9-11-30(22,6)27(25)15-26(24)20(4)16-31;1-16-11-25-26(29-15-16)18(3)28(31-25)10-8-21-22-6-5-19-12-20(30)7-9-27(19,4)24(22)13-23(21)17(2)14-28;/h2*18-19,21-22,24-25,27-29H,7-17H2,1-6H3;12,16,18,21-22,24-26,29H,5-11,13-15H2,1-4H3;1H4/t2*19-,21+,22+,24-,25-,27-,28+,29-,30-,31-;16-,18+,21-,22-,24-,25+,26-,27-,28-;/m000./s1. The van der Waals surface area contributed by atoms with E-state index in [1.165, 1.54) is 128 Å². The number of rotatable bonds is 2. The molecule has 0 aromatic rings. The first-order valence-electron chi connectivity index (χ1n) is 42.7. The van der Waals surface area contributed by atoms with Gasteiger partial charge < -0.3 is 19.5 Å². The normalized spacial score (nSPS) is 50.9. The molecule has 14 fully saturated rings. The van der Waals surface area contributed by atoms with Gasteiger partial charge in [0.2, 0.25) is 0 Å². The number of ketones is 3. The Bertz CT molecular complexity index is 3140. The van der Waals surface area contributed by atoms with Crippen molar-refractivity contribution in [2.24, 2.45) is 117 Å². The third kappa shape index (κ3) is 11.8. The number of hydrogen-bond acceptors (Lipinski definition) is 9. The average molecular weight is 1380 g/mol. The fourth-order valence-corrected chi connectivity index (χ4v) is 30.1. The van der Waals surface area contributed by atoms with Gasteiger partial charge in [0, 0.05) is 93.2 Å². The van der Waals surface area contributed by atoms with Crippen LogP contribution in [-0.2, 0) is 28.6 Å². The lowest BCUT2D eigenvalue weighted by molar-refractivity contribution is -0.130. The minimum absolute atomic E-state index is 0. The molecule has 0 radical (unpaired) electrons. The molecule has 9 heteroatoms. The molecule has 1 N–H and O–H groups in total. The number of hydrogen-bond donors (Lipinski definition) is 1. The molecule has 12 aliphatic carbocycles. The average Bonchev–Trinajstić information content (AvgIpc) is 1.57. The highest BCUT2D eigenvalue weighted by molar-refractivity contribution is 5.91. The summed E-state index contributed by atoms with van der Waals surface area (Å²) in [5, 5.41) is 3.85. The molecule has 18 rings (SSSR count).